The predicted molar refractivity (Wildman–Crippen MR) is 2.75 cm³/mol. The molecule has 4 nitrogen and oxygen atoms in total. The Bertz CT molecular complexity index is 155. The molecule has 0 saturated heterocycles. The third kappa shape index (κ3) is 259. The summed E-state index contributed by atoms with van der Waals surface area (Å²) in [6.45, 7) is 0. The van der Waals surface area contributed by atoms with Crippen LogP contribution in [0.15, 0.2) is 0 Å². The molecule has 0 aliphatic carbocycles. The molecule has 0 heterocycles. The van der Waals surface area contributed by atoms with Crippen molar-refractivity contribution in [3.8, 4) is 0 Å². The van der Waals surface area contributed by atoms with Gasteiger partial charge in [0.25, 0.3) is 0 Å². The van der Waals surface area contributed by atoms with Crippen LogP contribution in [0, 0.1) is 0 Å². The summed E-state index contributed by atoms with van der Waals surface area (Å²) >= 11 is -5.88. The average molecular weight is 115 g/mol. The molecule has 0 amide bonds. The molecule has 0 aromatic heterocycles. The van der Waals surface area contributed by atoms with Gasteiger partial charge in [0, 0.05) is 0 Å². The van der Waals surface area contributed by atoms with Crippen molar-refractivity contribution in [3.05, 3.63) is 0 Å². The maximum atomic E-state index is 8.61. The van der Waals surface area contributed by atoms with Crippen molar-refractivity contribution in [2.45, 2.75) is 0 Å². The molecule has 0 atom stereocenters. The summed E-state index contributed by atoms with van der Waals surface area (Å²) < 4.78 is 34.4. The van der Waals surface area contributed by atoms with Crippen LogP contribution < -0.4 is 0 Å². The minimum absolute atomic E-state index is 5.88. The molecule has 0 rings (SSSR count). The van der Waals surface area contributed by atoms with E-state index in [-0.39, 0.29) is 0 Å². The predicted octanol–water partition coefficient (Wildman–Crippen LogP) is -0.478. The Labute approximate surface area is 29.3 Å². The molecule has 0 N–H and O–H groups in total. The summed E-state index contributed by atoms with van der Waals surface area (Å²) in [5.74, 6) is 0. The zero-order valence-electron chi connectivity index (χ0n) is 2.08. The zero-order chi connectivity index (χ0) is 4.50. The van der Waals surface area contributed by atoms with E-state index in [2.05, 4.69) is 0 Å². The minimum atomic E-state index is -5.88. The number of rotatable bonds is 0. The summed E-state index contributed by atoms with van der Waals surface area (Å²) in [7, 11) is 0. The van der Waals surface area contributed by atoms with Gasteiger partial charge in [-0.1, -0.05) is 0 Å². The second kappa shape index (κ2) is 0.877. The Balaban J connectivity index is 6.05. The van der Waals surface area contributed by atoms with Gasteiger partial charge in [0.15, 0.2) is 0 Å². The molecule has 0 aliphatic rings. The van der Waals surface area contributed by atoms with E-state index in [1.165, 1.54) is 0 Å². The monoisotopic (exact) mass is 115 g/mol. The summed E-state index contributed by atoms with van der Waals surface area (Å²) in [4.78, 5) is 0. The topological polar surface area (TPSA) is 68.3 Å². The Hall–Kier alpha value is -0.216. The van der Waals surface area contributed by atoms with Crippen molar-refractivity contribution in [1.29, 1.82) is 0 Å². The maximum absolute atomic E-state index is 8.61. The molecule has 5 heavy (non-hydrogen) atoms. The van der Waals surface area contributed by atoms with E-state index in [0.29, 0.717) is 0 Å². The van der Waals surface area contributed by atoms with Gasteiger partial charge in [0.05, 0.1) is 0 Å². The van der Waals surface area contributed by atoms with Gasteiger partial charge in [-0.05, 0) is 0 Å². The van der Waals surface area contributed by atoms with Gasteiger partial charge < -0.3 is 0 Å². The van der Waals surface area contributed by atoms with Gasteiger partial charge in [-0.3, -0.25) is 0 Å². The summed E-state index contributed by atoms with van der Waals surface area (Å²) in [6.07, 6.45) is 0. The van der Waals surface area contributed by atoms with Crippen molar-refractivity contribution >= 4 is 0 Å². The van der Waals surface area contributed by atoms with E-state index < -0.39 is 13.8 Å². The number of hydrogen-bond acceptors (Lipinski definition) is 4. The first-order valence-corrected chi connectivity index (χ1v) is 3.01. The average Bonchev–Trinajstić information content (AvgIpc) is 0.722. The Morgan fingerprint density at radius 2 is 0.800 bits per heavy atom. The van der Waals surface area contributed by atoms with Gasteiger partial charge in [0.1, 0.15) is 0 Å². The van der Waals surface area contributed by atoms with Crippen LogP contribution in [-0.4, -0.2) is 0 Å². The molecular weight excluding hydrogens is 115 g/mol. The Morgan fingerprint density at radius 1 is 0.800 bits per heavy atom. The SMILES string of the molecule is [O]=[V](=[O])(=[O])=[O]. The molecule has 0 aromatic rings. The van der Waals surface area contributed by atoms with Gasteiger partial charge >= 0.3 is 28.5 Å². The molecule has 0 unspecified atom stereocenters. The molecule has 0 aromatic carbocycles. The quantitative estimate of drug-likeness (QED) is 0.427. The first kappa shape index (κ1) is 4.78. The fourth-order valence-electron chi connectivity index (χ4n) is 0. The van der Waals surface area contributed by atoms with Crippen molar-refractivity contribution in [3.63, 3.8) is 0 Å². The summed E-state index contributed by atoms with van der Waals surface area (Å²) in [6, 6.07) is 0. The molecule has 0 aliphatic heterocycles. The summed E-state index contributed by atoms with van der Waals surface area (Å²) in [5.41, 5.74) is 0. The Kier molecular flexibility index (Phi) is 0.839. The van der Waals surface area contributed by atoms with Crippen LogP contribution in [0.2, 0.25) is 0 Å². The fraction of sp³-hybridized carbons (Fsp3) is 0. The van der Waals surface area contributed by atoms with E-state index in [9.17, 15) is 0 Å². The molecule has 0 saturated carbocycles. The molecule has 0 fully saturated rings. The van der Waals surface area contributed by atoms with Crippen molar-refractivity contribution in [1.82, 2.24) is 0 Å². The standard InChI is InChI=1S/4O.V. The zero-order valence-corrected chi connectivity index (χ0v) is 3.48. The van der Waals surface area contributed by atoms with Gasteiger partial charge in [-0.25, -0.2) is 0 Å². The molecule has 29 valence electrons. The van der Waals surface area contributed by atoms with Crippen molar-refractivity contribution in [2.75, 3.05) is 0 Å². The van der Waals surface area contributed by atoms with Crippen molar-refractivity contribution in [2.24, 2.45) is 0 Å². The molecule has 5 heteroatoms. The van der Waals surface area contributed by atoms with E-state index in [1.807, 2.05) is 0 Å². The van der Waals surface area contributed by atoms with Crippen LogP contribution in [0.3, 0.4) is 0 Å². The van der Waals surface area contributed by atoms with Crippen LogP contribution in [0.25, 0.3) is 0 Å². The van der Waals surface area contributed by atoms with Gasteiger partial charge in [-0.2, -0.15) is 0 Å². The van der Waals surface area contributed by atoms with Crippen molar-refractivity contribution < 1.29 is 28.5 Å². The van der Waals surface area contributed by atoms with Crippen LogP contribution in [0.1, 0.15) is 0 Å². The van der Waals surface area contributed by atoms with Crippen LogP contribution in [-0.2, 0) is 28.5 Å². The molecular formula is O4V. The van der Waals surface area contributed by atoms with Gasteiger partial charge in [0.2, 0.25) is 0 Å². The van der Waals surface area contributed by atoms with E-state index in [4.69, 9.17) is 14.7 Å². The third-order valence-corrected chi connectivity index (χ3v) is 0. The Morgan fingerprint density at radius 3 is 0.800 bits per heavy atom. The summed E-state index contributed by atoms with van der Waals surface area (Å²) in [5, 5.41) is 0. The second-order valence-corrected chi connectivity index (χ2v) is 1.84. The van der Waals surface area contributed by atoms with Crippen LogP contribution in [0.5, 0.6) is 0 Å². The number of hydrogen-bond donors (Lipinski definition) is 0. The van der Waals surface area contributed by atoms with Crippen LogP contribution >= 0.6 is 0 Å². The van der Waals surface area contributed by atoms with E-state index in [0.717, 1.165) is 0 Å². The fourth-order valence-corrected chi connectivity index (χ4v) is 0. The van der Waals surface area contributed by atoms with Crippen LogP contribution in [0.4, 0.5) is 0 Å². The molecule has 0 spiro atoms. The molecule has 0 radical (unpaired) electrons. The first-order chi connectivity index (χ1) is 2.00. The van der Waals surface area contributed by atoms with Gasteiger partial charge in [-0.15, -0.1) is 0 Å². The second-order valence-electron chi connectivity index (χ2n) is 0.447. The van der Waals surface area contributed by atoms with E-state index in [1.54, 1.807) is 0 Å². The van der Waals surface area contributed by atoms with E-state index >= 15 is 0 Å². The third-order valence-electron chi connectivity index (χ3n) is 0. The first-order valence-electron chi connectivity index (χ1n) is 0.730. The molecule has 0 bridgehead atoms. The normalized spacial score (nSPS) is 8.00.